The summed E-state index contributed by atoms with van der Waals surface area (Å²) in [5.41, 5.74) is 0. The monoisotopic (exact) mass is 211 g/mol. The molecule has 1 heterocycles. The van der Waals surface area contributed by atoms with Crippen LogP contribution in [0.4, 0.5) is 0 Å². The lowest BCUT2D eigenvalue weighted by molar-refractivity contribution is 0.205. The minimum atomic E-state index is 0.877. The van der Waals surface area contributed by atoms with E-state index >= 15 is 0 Å². The van der Waals surface area contributed by atoms with Crippen LogP contribution < -0.4 is 0 Å². The summed E-state index contributed by atoms with van der Waals surface area (Å²) >= 11 is 0. The van der Waals surface area contributed by atoms with Gasteiger partial charge >= 0.3 is 0 Å². The van der Waals surface area contributed by atoms with Gasteiger partial charge in [-0.1, -0.05) is 47.0 Å². The van der Waals surface area contributed by atoms with E-state index in [1.165, 1.54) is 45.2 Å². The Bertz CT molecular complexity index is 157. The van der Waals surface area contributed by atoms with Gasteiger partial charge in [-0.2, -0.15) is 0 Å². The first-order chi connectivity index (χ1) is 7.19. The highest BCUT2D eigenvalue weighted by atomic mass is 15.2. The normalized spacial score (nSPS) is 29.6. The van der Waals surface area contributed by atoms with Gasteiger partial charge in [-0.25, -0.2) is 0 Å². The van der Waals surface area contributed by atoms with Crippen molar-refractivity contribution < 1.29 is 0 Å². The van der Waals surface area contributed by atoms with Crippen molar-refractivity contribution >= 4 is 0 Å². The molecule has 0 amide bonds. The molecule has 0 bridgehead atoms. The van der Waals surface area contributed by atoms with Crippen LogP contribution in [0.1, 0.15) is 59.8 Å². The summed E-state index contributed by atoms with van der Waals surface area (Å²) in [7, 11) is 0. The van der Waals surface area contributed by atoms with E-state index in [-0.39, 0.29) is 0 Å². The first-order valence-corrected chi connectivity index (χ1v) is 6.93. The van der Waals surface area contributed by atoms with E-state index in [9.17, 15) is 0 Å². The second-order valence-corrected chi connectivity index (χ2v) is 5.49. The number of hydrogen-bond acceptors (Lipinski definition) is 1. The highest BCUT2D eigenvalue weighted by molar-refractivity contribution is 4.83. The van der Waals surface area contributed by atoms with Crippen LogP contribution >= 0.6 is 0 Å². The van der Waals surface area contributed by atoms with E-state index in [2.05, 4.69) is 32.6 Å². The van der Waals surface area contributed by atoms with Crippen molar-refractivity contribution in [2.75, 3.05) is 13.1 Å². The Kier molecular flexibility index (Phi) is 5.66. The van der Waals surface area contributed by atoms with E-state index < -0.39 is 0 Å². The zero-order valence-corrected chi connectivity index (χ0v) is 11.1. The summed E-state index contributed by atoms with van der Waals surface area (Å²) in [6, 6.07) is 0.877. The van der Waals surface area contributed by atoms with E-state index in [0.717, 1.165) is 17.9 Å². The van der Waals surface area contributed by atoms with Gasteiger partial charge in [-0.15, -0.1) is 0 Å². The molecule has 0 spiro atoms. The second-order valence-electron chi connectivity index (χ2n) is 5.49. The Morgan fingerprint density at radius 3 is 2.07 bits per heavy atom. The third-order valence-corrected chi connectivity index (χ3v) is 4.05. The third-order valence-electron chi connectivity index (χ3n) is 4.05. The van der Waals surface area contributed by atoms with E-state index in [1.807, 2.05) is 0 Å². The molecule has 1 aliphatic rings. The zero-order chi connectivity index (χ0) is 11.3. The summed E-state index contributed by atoms with van der Waals surface area (Å²) < 4.78 is 0. The van der Waals surface area contributed by atoms with Crippen LogP contribution in [0.3, 0.4) is 0 Å². The van der Waals surface area contributed by atoms with Crippen molar-refractivity contribution in [1.29, 1.82) is 0 Å². The predicted molar refractivity (Wildman–Crippen MR) is 68.1 cm³/mol. The van der Waals surface area contributed by atoms with Gasteiger partial charge < -0.3 is 0 Å². The molecule has 0 aromatic carbocycles. The van der Waals surface area contributed by atoms with Gasteiger partial charge in [0.25, 0.3) is 0 Å². The van der Waals surface area contributed by atoms with Crippen molar-refractivity contribution in [3.8, 4) is 0 Å². The molecule has 1 fully saturated rings. The maximum atomic E-state index is 2.76. The number of rotatable bonds is 6. The first kappa shape index (κ1) is 13.0. The Morgan fingerprint density at radius 1 is 1.00 bits per heavy atom. The average molecular weight is 211 g/mol. The molecule has 1 saturated heterocycles. The van der Waals surface area contributed by atoms with Crippen molar-refractivity contribution in [3.05, 3.63) is 0 Å². The van der Waals surface area contributed by atoms with E-state index in [0.29, 0.717) is 0 Å². The molecular weight excluding hydrogens is 182 g/mol. The minimum absolute atomic E-state index is 0.877. The lowest BCUT2D eigenvalue weighted by Gasteiger charge is -2.27. The fourth-order valence-electron chi connectivity index (χ4n) is 2.75. The minimum Gasteiger partial charge on any atom is -0.300 e. The van der Waals surface area contributed by atoms with Crippen LogP contribution in [-0.4, -0.2) is 24.0 Å². The summed E-state index contributed by atoms with van der Waals surface area (Å²) in [6.45, 7) is 12.1. The second kappa shape index (κ2) is 6.52. The lowest BCUT2D eigenvalue weighted by Crippen LogP contribution is -2.33. The molecular formula is C14H29N. The summed E-state index contributed by atoms with van der Waals surface area (Å²) in [5.74, 6) is 1.82. The van der Waals surface area contributed by atoms with Crippen LogP contribution in [0.15, 0.2) is 0 Å². The topological polar surface area (TPSA) is 3.24 Å². The fourth-order valence-corrected chi connectivity index (χ4v) is 2.75. The maximum Gasteiger partial charge on any atom is 0.00953 e. The molecule has 90 valence electrons. The molecule has 0 aromatic heterocycles. The molecule has 0 radical (unpaired) electrons. The molecule has 1 aliphatic heterocycles. The number of nitrogens with zero attached hydrogens (tertiary/aromatic N) is 1. The Balaban J connectivity index is 2.41. The molecule has 0 N–H and O–H groups in total. The molecule has 0 aromatic rings. The molecule has 3 unspecified atom stereocenters. The summed E-state index contributed by atoms with van der Waals surface area (Å²) in [4.78, 5) is 2.76. The smallest absolute Gasteiger partial charge is 0.00953 e. The third kappa shape index (κ3) is 3.79. The Hall–Kier alpha value is -0.0400. The van der Waals surface area contributed by atoms with Gasteiger partial charge in [-0.3, -0.25) is 4.90 Å². The molecule has 1 rings (SSSR count). The number of unbranched alkanes of at least 4 members (excludes halogenated alkanes) is 1. The molecule has 1 nitrogen and oxygen atoms in total. The van der Waals surface area contributed by atoms with Crippen LogP contribution in [0.25, 0.3) is 0 Å². The van der Waals surface area contributed by atoms with Gasteiger partial charge in [-0.05, 0) is 24.7 Å². The first-order valence-electron chi connectivity index (χ1n) is 6.93. The van der Waals surface area contributed by atoms with E-state index in [4.69, 9.17) is 0 Å². The van der Waals surface area contributed by atoms with Crippen LogP contribution in [0, 0.1) is 11.8 Å². The Labute approximate surface area is 96.2 Å². The number of hydrogen-bond donors (Lipinski definition) is 0. The zero-order valence-electron chi connectivity index (χ0n) is 11.1. The highest BCUT2D eigenvalue weighted by Gasteiger charge is 2.29. The molecule has 1 heteroatoms. The van der Waals surface area contributed by atoms with Gasteiger partial charge in [0.15, 0.2) is 0 Å². The van der Waals surface area contributed by atoms with Crippen molar-refractivity contribution in [3.63, 3.8) is 0 Å². The predicted octanol–water partition coefficient (Wildman–Crippen LogP) is 3.93. The van der Waals surface area contributed by atoms with Crippen molar-refractivity contribution in [2.45, 2.75) is 65.8 Å². The standard InChI is InChI=1S/C14H29N/c1-5-7-9-14(8-6-2)15-10-12(3)13(4)11-15/h12-14H,5-11H2,1-4H3. The fraction of sp³-hybridized carbons (Fsp3) is 1.00. The summed E-state index contributed by atoms with van der Waals surface area (Å²) in [6.07, 6.45) is 6.92. The largest absolute Gasteiger partial charge is 0.300 e. The van der Waals surface area contributed by atoms with Gasteiger partial charge in [0, 0.05) is 19.1 Å². The lowest BCUT2D eigenvalue weighted by atomic mass is 10.0. The SMILES string of the molecule is CCCCC(CCC)N1CC(C)C(C)C1. The number of likely N-dealkylation sites (tertiary alicyclic amines) is 1. The summed E-state index contributed by atoms with van der Waals surface area (Å²) in [5, 5.41) is 0. The quantitative estimate of drug-likeness (QED) is 0.643. The van der Waals surface area contributed by atoms with Crippen molar-refractivity contribution in [1.82, 2.24) is 4.90 Å². The molecule has 0 saturated carbocycles. The van der Waals surface area contributed by atoms with Crippen LogP contribution in [0.2, 0.25) is 0 Å². The van der Waals surface area contributed by atoms with Gasteiger partial charge in [0.05, 0.1) is 0 Å². The molecule has 15 heavy (non-hydrogen) atoms. The van der Waals surface area contributed by atoms with Gasteiger partial charge in [0.1, 0.15) is 0 Å². The van der Waals surface area contributed by atoms with Gasteiger partial charge in [0.2, 0.25) is 0 Å². The van der Waals surface area contributed by atoms with Crippen LogP contribution in [0.5, 0.6) is 0 Å². The highest BCUT2D eigenvalue weighted by Crippen LogP contribution is 2.27. The molecule has 3 atom stereocenters. The molecule has 0 aliphatic carbocycles. The van der Waals surface area contributed by atoms with Crippen molar-refractivity contribution in [2.24, 2.45) is 11.8 Å². The average Bonchev–Trinajstić information content (AvgIpc) is 2.54. The van der Waals surface area contributed by atoms with E-state index in [1.54, 1.807) is 0 Å². The maximum absolute atomic E-state index is 2.76. The Morgan fingerprint density at radius 2 is 1.60 bits per heavy atom. The van der Waals surface area contributed by atoms with Crippen LogP contribution in [-0.2, 0) is 0 Å².